The summed E-state index contributed by atoms with van der Waals surface area (Å²) in [7, 11) is 0. The van der Waals surface area contributed by atoms with Gasteiger partial charge in [-0.1, -0.05) is 48.5 Å². The lowest BCUT2D eigenvalue weighted by molar-refractivity contribution is -0.120. The smallest absolute Gasteiger partial charge is 0.408 e. The molecule has 3 rings (SSSR count). The van der Waals surface area contributed by atoms with Crippen molar-refractivity contribution in [2.75, 3.05) is 11.4 Å². The van der Waals surface area contributed by atoms with Gasteiger partial charge in [-0.2, -0.15) is 0 Å². The largest absolute Gasteiger partial charge is 0.444 e. The first kappa shape index (κ1) is 19.0. The second-order valence-electron chi connectivity index (χ2n) is 7.76. The quantitative estimate of drug-likeness (QED) is 0.897. The van der Waals surface area contributed by atoms with Crippen LogP contribution in [0.4, 0.5) is 10.5 Å². The number of hydrogen-bond acceptors (Lipinski definition) is 3. The van der Waals surface area contributed by atoms with Gasteiger partial charge in [0, 0.05) is 18.7 Å². The van der Waals surface area contributed by atoms with Crippen LogP contribution in [-0.2, 0) is 22.4 Å². The highest BCUT2D eigenvalue weighted by atomic mass is 16.6. The standard InChI is InChI=1S/C22H26N2O3/c1-22(2,3)27-21(26)23-18(15-16-9-5-4-6-10-16)20(25)24-14-13-17-11-7-8-12-19(17)24/h4-12,18H,13-15H2,1-3H3,(H,23,26). The number of carbonyl (C=O) groups excluding carboxylic acids is 2. The second kappa shape index (κ2) is 7.82. The third-order valence-electron chi connectivity index (χ3n) is 4.42. The number of anilines is 1. The SMILES string of the molecule is CC(C)(C)OC(=O)NC(Cc1ccccc1)C(=O)N1CCc2ccccc21. The van der Waals surface area contributed by atoms with Crippen molar-refractivity contribution in [3.05, 3.63) is 65.7 Å². The molecule has 2 amide bonds. The van der Waals surface area contributed by atoms with Gasteiger partial charge in [0.05, 0.1) is 0 Å². The molecule has 0 fully saturated rings. The minimum absolute atomic E-state index is 0.116. The van der Waals surface area contributed by atoms with E-state index >= 15 is 0 Å². The molecule has 27 heavy (non-hydrogen) atoms. The van der Waals surface area contributed by atoms with Crippen molar-refractivity contribution in [3.8, 4) is 0 Å². The molecule has 0 saturated heterocycles. The molecule has 0 aromatic heterocycles. The van der Waals surface area contributed by atoms with E-state index in [9.17, 15) is 9.59 Å². The van der Waals surface area contributed by atoms with Crippen molar-refractivity contribution in [3.63, 3.8) is 0 Å². The van der Waals surface area contributed by atoms with Gasteiger partial charge in [0.15, 0.2) is 0 Å². The van der Waals surface area contributed by atoms with Crippen LogP contribution in [0.15, 0.2) is 54.6 Å². The highest BCUT2D eigenvalue weighted by molar-refractivity contribution is 6.00. The Hall–Kier alpha value is -2.82. The zero-order valence-electron chi connectivity index (χ0n) is 16.1. The maximum absolute atomic E-state index is 13.3. The highest BCUT2D eigenvalue weighted by Gasteiger charge is 2.32. The summed E-state index contributed by atoms with van der Waals surface area (Å²) in [6, 6.07) is 16.9. The van der Waals surface area contributed by atoms with E-state index in [4.69, 9.17) is 4.74 Å². The molecule has 1 unspecified atom stereocenters. The first-order valence-electron chi connectivity index (χ1n) is 9.26. The summed E-state index contributed by atoms with van der Waals surface area (Å²) >= 11 is 0. The molecule has 1 aliphatic heterocycles. The van der Waals surface area contributed by atoms with Crippen molar-refractivity contribution in [1.29, 1.82) is 0 Å². The number of carbonyl (C=O) groups is 2. The van der Waals surface area contributed by atoms with Gasteiger partial charge >= 0.3 is 6.09 Å². The van der Waals surface area contributed by atoms with Crippen LogP contribution in [0.1, 0.15) is 31.9 Å². The minimum Gasteiger partial charge on any atom is -0.444 e. The number of benzene rings is 2. The van der Waals surface area contributed by atoms with Crippen LogP contribution in [0.5, 0.6) is 0 Å². The van der Waals surface area contributed by atoms with Crippen LogP contribution in [0.25, 0.3) is 0 Å². The highest BCUT2D eigenvalue weighted by Crippen LogP contribution is 2.28. The van der Waals surface area contributed by atoms with Gasteiger partial charge in [-0.3, -0.25) is 4.79 Å². The van der Waals surface area contributed by atoms with Crippen molar-refractivity contribution < 1.29 is 14.3 Å². The van der Waals surface area contributed by atoms with E-state index in [1.54, 1.807) is 25.7 Å². The van der Waals surface area contributed by atoms with Crippen molar-refractivity contribution in [2.24, 2.45) is 0 Å². The summed E-state index contributed by atoms with van der Waals surface area (Å²) in [5, 5.41) is 2.78. The van der Waals surface area contributed by atoms with Gasteiger partial charge < -0.3 is 15.0 Å². The molecule has 1 heterocycles. The number of nitrogens with zero attached hydrogens (tertiary/aromatic N) is 1. The first-order chi connectivity index (χ1) is 12.8. The Labute approximate surface area is 160 Å². The summed E-state index contributed by atoms with van der Waals surface area (Å²) in [6.45, 7) is 6.03. The topological polar surface area (TPSA) is 58.6 Å². The maximum atomic E-state index is 13.3. The Morgan fingerprint density at radius 1 is 1.07 bits per heavy atom. The Bertz CT molecular complexity index is 812. The fraction of sp³-hybridized carbons (Fsp3) is 0.364. The first-order valence-corrected chi connectivity index (χ1v) is 9.26. The molecule has 2 aromatic carbocycles. The van der Waals surface area contributed by atoms with Crippen molar-refractivity contribution in [1.82, 2.24) is 5.32 Å². The lowest BCUT2D eigenvalue weighted by atomic mass is 10.0. The van der Waals surface area contributed by atoms with Gasteiger partial charge in [0.1, 0.15) is 11.6 Å². The third kappa shape index (κ3) is 4.88. The number of nitrogens with one attached hydrogen (secondary N) is 1. The van der Waals surface area contributed by atoms with E-state index in [0.29, 0.717) is 13.0 Å². The molecule has 5 heteroatoms. The summed E-state index contributed by atoms with van der Waals surface area (Å²) in [5.74, 6) is -0.116. The van der Waals surface area contributed by atoms with Crippen LogP contribution < -0.4 is 10.2 Å². The third-order valence-corrected chi connectivity index (χ3v) is 4.42. The Balaban J connectivity index is 1.80. The molecule has 0 spiro atoms. The number of ether oxygens (including phenoxy) is 1. The Morgan fingerprint density at radius 3 is 2.44 bits per heavy atom. The van der Waals surface area contributed by atoms with Crippen molar-refractivity contribution >= 4 is 17.7 Å². The number of amides is 2. The van der Waals surface area contributed by atoms with E-state index in [0.717, 1.165) is 23.2 Å². The molecule has 2 aromatic rings. The van der Waals surface area contributed by atoms with Gasteiger partial charge in [0.2, 0.25) is 5.91 Å². The molecular weight excluding hydrogens is 340 g/mol. The molecule has 0 saturated carbocycles. The number of rotatable bonds is 4. The Morgan fingerprint density at radius 2 is 1.74 bits per heavy atom. The lowest BCUT2D eigenvalue weighted by Gasteiger charge is -2.27. The van der Waals surface area contributed by atoms with Gasteiger partial charge in [-0.15, -0.1) is 0 Å². The lowest BCUT2D eigenvalue weighted by Crippen LogP contribution is -2.50. The van der Waals surface area contributed by atoms with Crippen LogP contribution in [0, 0.1) is 0 Å². The molecule has 142 valence electrons. The number of para-hydroxylation sites is 1. The molecule has 0 bridgehead atoms. The maximum Gasteiger partial charge on any atom is 0.408 e. The normalized spacial score (nSPS) is 14.4. The molecule has 1 atom stereocenters. The van der Waals surface area contributed by atoms with Gasteiger partial charge in [-0.25, -0.2) is 4.79 Å². The summed E-state index contributed by atoms with van der Waals surface area (Å²) in [6.07, 6.45) is 0.661. The van der Waals surface area contributed by atoms with Crippen LogP contribution in [0.2, 0.25) is 0 Å². The number of alkyl carbamates (subject to hydrolysis) is 1. The van der Waals surface area contributed by atoms with Crippen LogP contribution in [-0.4, -0.2) is 30.2 Å². The zero-order chi connectivity index (χ0) is 19.4. The molecule has 1 N–H and O–H groups in total. The molecule has 1 aliphatic rings. The number of fused-ring (bicyclic) bond motifs is 1. The van der Waals surface area contributed by atoms with E-state index in [1.807, 2.05) is 54.6 Å². The zero-order valence-corrected chi connectivity index (χ0v) is 16.1. The van der Waals surface area contributed by atoms with Crippen LogP contribution in [0.3, 0.4) is 0 Å². The number of hydrogen-bond donors (Lipinski definition) is 1. The second-order valence-corrected chi connectivity index (χ2v) is 7.76. The van der Waals surface area contributed by atoms with Crippen LogP contribution >= 0.6 is 0 Å². The van der Waals surface area contributed by atoms with E-state index in [2.05, 4.69) is 5.32 Å². The van der Waals surface area contributed by atoms with Gasteiger partial charge in [-0.05, 0) is 44.4 Å². The summed E-state index contributed by atoms with van der Waals surface area (Å²) in [5.41, 5.74) is 2.44. The molecular formula is C22H26N2O3. The predicted molar refractivity (Wildman–Crippen MR) is 106 cm³/mol. The fourth-order valence-electron chi connectivity index (χ4n) is 3.25. The molecule has 0 radical (unpaired) electrons. The molecule has 0 aliphatic carbocycles. The summed E-state index contributed by atoms with van der Waals surface area (Å²) in [4.78, 5) is 27.4. The molecule has 5 nitrogen and oxygen atoms in total. The summed E-state index contributed by atoms with van der Waals surface area (Å²) < 4.78 is 5.37. The van der Waals surface area contributed by atoms with E-state index < -0.39 is 17.7 Å². The Kier molecular flexibility index (Phi) is 5.49. The average molecular weight is 366 g/mol. The minimum atomic E-state index is -0.687. The van der Waals surface area contributed by atoms with Crippen molar-refractivity contribution in [2.45, 2.75) is 45.3 Å². The van der Waals surface area contributed by atoms with E-state index in [1.165, 1.54) is 0 Å². The van der Waals surface area contributed by atoms with E-state index in [-0.39, 0.29) is 5.91 Å². The predicted octanol–water partition coefficient (Wildman–Crippen LogP) is 3.71. The average Bonchev–Trinajstić information content (AvgIpc) is 3.04. The van der Waals surface area contributed by atoms with Gasteiger partial charge in [0.25, 0.3) is 0 Å². The monoisotopic (exact) mass is 366 g/mol. The fourth-order valence-corrected chi connectivity index (χ4v) is 3.25.